The average Bonchev–Trinajstić information content (AvgIpc) is 2.79. The van der Waals surface area contributed by atoms with Crippen LogP contribution in [0.5, 0.6) is 17.2 Å². The molecule has 31 heavy (non-hydrogen) atoms. The fraction of sp³-hybridized carbons (Fsp3) is 0.217. The molecule has 0 aromatic heterocycles. The molecule has 6 nitrogen and oxygen atoms in total. The summed E-state index contributed by atoms with van der Waals surface area (Å²) in [5.74, 6) is 1.63. The Bertz CT molecular complexity index is 1120. The summed E-state index contributed by atoms with van der Waals surface area (Å²) in [6.45, 7) is 0. The lowest BCUT2D eigenvalue weighted by Crippen LogP contribution is -2.30. The van der Waals surface area contributed by atoms with Crippen molar-refractivity contribution >= 4 is 21.6 Å². The van der Waals surface area contributed by atoms with E-state index in [1.54, 1.807) is 32.4 Å². The van der Waals surface area contributed by atoms with E-state index in [1.807, 2.05) is 36.4 Å². The molecular formula is C23H24ClNO5S. The number of benzene rings is 3. The molecule has 0 radical (unpaired) electrons. The van der Waals surface area contributed by atoms with Gasteiger partial charge in [-0.3, -0.25) is 0 Å². The lowest BCUT2D eigenvalue weighted by molar-refractivity contribution is 0.402. The Balaban J connectivity index is 1.97. The molecule has 1 atom stereocenters. The van der Waals surface area contributed by atoms with Crippen LogP contribution >= 0.6 is 11.6 Å². The van der Waals surface area contributed by atoms with Crippen LogP contribution in [0.25, 0.3) is 0 Å². The molecule has 0 saturated heterocycles. The quantitative estimate of drug-likeness (QED) is 0.503. The van der Waals surface area contributed by atoms with Crippen molar-refractivity contribution in [3.8, 4) is 17.2 Å². The molecular weight excluding hydrogens is 438 g/mol. The van der Waals surface area contributed by atoms with E-state index in [2.05, 4.69) is 4.72 Å². The van der Waals surface area contributed by atoms with Gasteiger partial charge in [0.05, 0.1) is 27.4 Å². The Hall–Kier alpha value is -2.74. The standard InChI is InChI=1S/C23H24ClNO5S/c1-28-19-9-4-16(5-10-19)14-21(17-6-11-20(29-2)12-7-17)25-31(26,27)23-15-18(24)8-13-22(23)30-3/h4-13,15,21,25H,14H2,1-3H3. The number of methoxy groups -OCH3 is 3. The van der Waals surface area contributed by atoms with Crippen LogP contribution in [-0.2, 0) is 16.4 Å². The predicted octanol–water partition coefficient (Wildman–Crippen LogP) is 4.63. The van der Waals surface area contributed by atoms with E-state index in [4.69, 9.17) is 25.8 Å². The van der Waals surface area contributed by atoms with Gasteiger partial charge in [-0.15, -0.1) is 0 Å². The molecule has 0 amide bonds. The highest BCUT2D eigenvalue weighted by molar-refractivity contribution is 7.89. The summed E-state index contributed by atoms with van der Waals surface area (Å²) < 4.78 is 45.0. The number of nitrogens with one attached hydrogen (secondary N) is 1. The van der Waals surface area contributed by atoms with Crippen molar-refractivity contribution in [1.29, 1.82) is 0 Å². The molecule has 0 spiro atoms. The van der Waals surface area contributed by atoms with E-state index in [0.29, 0.717) is 17.2 Å². The van der Waals surface area contributed by atoms with Crippen molar-refractivity contribution < 1.29 is 22.6 Å². The molecule has 0 heterocycles. The van der Waals surface area contributed by atoms with E-state index < -0.39 is 16.1 Å². The van der Waals surface area contributed by atoms with E-state index in [-0.39, 0.29) is 10.6 Å². The summed E-state index contributed by atoms with van der Waals surface area (Å²) >= 11 is 6.05. The second kappa shape index (κ2) is 10.0. The van der Waals surface area contributed by atoms with Gasteiger partial charge < -0.3 is 14.2 Å². The Morgan fingerprint density at radius 1 is 0.839 bits per heavy atom. The molecule has 3 aromatic rings. The number of hydrogen-bond acceptors (Lipinski definition) is 5. The van der Waals surface area contributed by atoms with Crippen LogP contribution in [0, 0.1) is 0 Å². The van der Waals surface area contributed by atoms with Gasteiger partial charge in [0.25, 0.3) is 0 Å². The van der Waals surface area contributed by atoms with Crippen LogP contribution < -0.4 is 18.9 Å². The van der Waals surface area contributed by atoms with Gasteiger partial charge in [-0.2, -0.15) is 0 Å². The molecule has 1 unspecified atom stereocenters. The van der Waals surface area contributed by atoms with Gasteiger partial charge in [0.1, 0.15) is 22.1 Å². The van der Waals surface area contributed by atoms with Crippen LogP contribution in [0.4, 0.5) is 0 Å². The molecule has 3 aromatic carbocycles. The summed E-state index contributed by atoms with van der Waals surface area (Å²) in [4.78, 5) is -0.0178. The van der Waals surface area contributed by atoms with Crippen molar-refractivity contribution in [3.63, 3.8) is 0 Å². The number of rotatable bonds is 9. The minimum Gasteiger partial charge on any atom is -0.497 e. The average molecular weight is 462 g/mol. The number of ether oxygens (including phenoxy) is 3. The van der Waals surface area contributed by atoms with E-state index in [1.165, 1.54) is 19.2 Å². The SMILES string of the molecule is COc1ccc(CC(NS(=O)(=O)c2cc(Cl)ccc2OC)c2ccc(OC)cc2)cc1. The molecule has 0 aliphatic carbocycles. The Morgan fingerprint density at radius 3 is 1.97 bits per heavy atom. The highest BCUT2D eigenvalue weighted by atomic mass is 35.5. The smallest absolute Gasteiger partial charge is 0.244 e. The molecule has 0 saturated carbocycles. The normalized spacial score (nSPS) is 12.3. The van der Waals surface area contributed by atoms with E-state index in [9.17, 15) is 8.42 Å². The summed E-state index contributed by atoms with van der Waals surface area (Å²) in [5.41, 5.74) is 1.74. The van der Waals surface area contributed by atoms with Gasteiger partial charge in [-0.05, 0) is 60.0 Å². The highest BCUT2D eigenvalue weighted by Crippen LogP contribution is 2.30. The molecule has 1 N–H and O–H groups in total. The zero-order valence-corrected chi connectivity index (χ0v) is 19.0. The molecule has 0 fully saturated rings. The number of halogens is 1. The highest BCUT2D eigenvalue weighted by Gasteiger charge is 2.25. The zero-order chi connectivity index (χ0) is 22.4. The summed E-state index contributed by atoms with van der Waals surface area (Å²) in [6, 6.07) is 18.7. The summed E-state index contributed by atoms with van der Waals surface area (Å²) in [5, 5.41) is 0.303. The Morgan fingerprint density at radius 2 is 1.42 bits per heavy atom. The minimum absolute atomic E-state index is 0.0178. The van der Waals surface area contributed by atoms with Gasteiger partial charge in [-0.25, -0.2) is 13.1 Å². The van der Waals surface area contributed by atoms with Gasteiger partial charge in [-0.1, -0.05) is 35.9 Å². The molecule has 3 rings (SSSR count). The number of sulfonamides is 1. The maximum Gasteiger partial charge on any atom is 0.244 e. The summed E-state index contributed by atoms with van der Waals surface area (Å²) in [6.07, 6.45) is 0.429. The van der Waals surface area contributed by atoms with Crippen LogP contribution in [0.1, 0.15) is 17.2 Å². The maximum absolute atomic E-state index is 13.3. The van der Waals surface area contributed by atoms with Crippen LogP contribution in [-0.4, -0.2) is 29.7 Å². The number of hydrogen-bond donors (Lipinski definition) is 1. The van der Waals surface area contributed by atoms with Crippen molar-refractivity contribution in [1.82, 2.24) is 4.72 Å². The van der Waals surface area contributed by atoms with E-state index >= 15 is 0 Å². The molecule has 0 bridgehead atoms. The van der Waals surface area contributed by atoms with Crippen molar-refractivity contribution in [2.45, 2.75) is 17.4 Å². The third kappa shape index (κ3) is 5.70. The lowest BCUT2D eigenvalue weighted by atomic mass is 9.99. The fourth-order valence-electron chi connectivity index (χ4n) is 3.17. The lowest BCUT2D eigenvalue weighted by Gasteiger charge is -2.21. The first kappa shape index (κ1) is 22.9. The molecule has 8 heteroatoms. The van der Waals surface area contributed by atoms with Crippen molar-refractivity contribution in [3.05, 3.63) is 82.9 Å². The molecule has 0 aliphatic rings. The van der Waals surface area contributed by atoms with Crippen molar-refractivity contribution in [2.24, 2.45) is 0 Å². The van der Waals surface area contributed by atoms with Crippen LogP contribution in [0.3, 0.4) is 0 Å². The Labute approximate surface area is 187 Å². The first-order chi connectivity index (χ1) is 14.9. The molecule has 0 aliphatic heterocycles. The maximum atomic E-state index is 13.3. The third-order valence-corrected chi connectivity index (χ3v) is 6.56. The Kier molecular flexibility index (Phi) is 7.43. The first-order valence-electron chi connectivity index (χ1n) is 9.49. The van der Waals surface area contributed by atoms with Gasteiger partial charge in [0, 0.05) is 5.02 Å². The zero-order valence-electron chi connectivity index (χ0n) is 17.5. The van der Waals surface area contributed by atoms with Gasteiger partial charge in [0.2, 0.25) is 10.0 Å². The second-order valence-corrected chi connectivity index (χ2v) is 8.91. The second-order valence-electron chi connectivity index (χ2n) is 6.79. The fourth-order valence-corrected chi connectivity index (χ4v) is 4.83. The van der Waals surface area contributed by atoms with Gasteiger partial charge in [0.15, 0.2) is 0 Å². The van der Waals surface area contributed by atoms with Crippen LogP contribution in [0.2, 0.25) is 5.02 Å². The van der Waals surface area contributed by atoms with Gasteiger partial charge >= 0.3 is 0 Å². The molecule has 164 valence electrons. The first-order valence-corrected chi connectivity index (χ1v) is 11.3. The van der Waals surface area contributed by atoms with Crippen molar-refractivity contribution in [2.75, 3.05) is 21.3 Å². The topological polar surface area (TPSA) is 73.9 Å². The predicted molar refractivity (Wildman–Crippen MR) is 121 cm³/mol. The summed E-state index contributed by atoms with van der Waals surface area (Å²) in [7, 11) is 0.661. The van der Waals surface area contributed by atoms with Crippen LogP contribution in [0.15, 0.2) is 71.6 Å². The third-order valence-electron chi connectivity index (χ3n) is 4.83. The largest absolute Gasteiger partial charge is 0.497 e. The van der Waals surface area contributed by atoms with E-state index in [0.717, 1.165) is 16.9 Å². The minimum atomic E-state index is -3.94. The monoisotopic (exact) mass is 461 g/mol.